The fourth-order valence-electron chi connectivity index (χ4n) is 1.30. The maximum atomic E-state index is 13.2. The summed E-state index contributed by atoms with van der Waals surface area (Å²) in [7, 11) is 0. The fraction of sp³-hybridized carbons (Fsp3) is 0.222. The summed E-state index contributed by atoms with van der Waals surface area (Å²) in [5.74, 6) is -0.269. The summed E-state index contributed by atoms with van der Waals surface area (Å²) in [4.78, 5) is 3.95. The van der Waals surface area contributed by atoms with Crippen LogP contribution in [0.1, 0.15) is 11.6 Å². The van der Waals surface area contributed by atoms with Gasteiger partial charge in [0.05, 0.1) is 0 Å². The first-order valence-corrected chi connectivity index (χ1v) is 3.98. The molecule has 0 radical (unpaired) electrons. The van der Waals surface area contributed by atoms with Crippen molar-refractivity contribution in [2.75, 3.05) is 6.61 Å². The molecule has 1 aliphatic heterocycles. The third kappa shape index (κ3) is 1.47. The van der Waals surface area contributed by atoms with Crippen LogP contribution in [-0.2, 0) is 4.74 Å². The van der Waals surface area contributed by atoms with Gasteiger partial charge in [-0.15, -0.1) is 0 Å². The van der Waals surface area contributed by atoms with Gasteiger partial charge in [0, 0.05) is 5.56 Å². The van der Waals surface area contributed by atoms with Crippen LogP contribution in [0.4, 0.5) is 4.39 Å². The van der Waals surface area contributed by atoms with E-state index >= 15 is 0 Å². The molecule has 2 N–H and O–H groups in total. The maximum Gasteiger partial charge on any atom is 0.282 e. The number of hydrogen-bond donors (Lipinski definition) is 1. The van der Waals surface area contributed by atoms with Crippen molar-refractivity contribution in [3.8, 4) is 0 Å². The van der Waals surface area contributed by atoms with E-state index in [1.165, 1.54) is 6.07 Å². The number of benzene rings is 1. The highest BCUT2D eigenvalue weighted by atomic mass is 19.1. The lowest BCUT2D eigenvalue weighted by atomic mass is 10.1. The lowest BCUT2D eigenvalue weighted by molar-refractivity contribution is 0.312. The molecule has 1 aromatic carbocycles. The van der Waals surface area contributed by atoms with Crippen molar-refractivity contribution < 1.29 is 9.13 Å². The van der Waals surface area contributed by atoms with E-state index in [0.29, 0.717) is 12.2 Å². The molecule has 0 aliphatic carbocycles. The van der Waals surface area contributed by atoms with Crippen molar-refractivity contribution >= 4 is 6.02 Å². The Bertz CT molecular complexity index is 351. The van der Waals surface area contributed by atoms with Gasteiger partial charge in [-0.05, 0) is 6.07 Å². The van der Waals surface area contributed by atoms with Crippen LogP contribution in [0.5, 0.6) is 0 Å². The maximum absolute atomic E-state index is 13.2. The van der Waals surface area contributed by atoms with Crippen LogP contribution in [0.25, 0.3) is 0 Å². The van der Waals surface area contributed by atoms with Gasteiger partial charge in [0.1, 0.15) is 18.5 Å². The molecule has 3 nitrogen and oxygen atoms in total. The second kappa shape index (κ2) is 3.05. The third-order valence-corrected chi connectivity index (χ3v) is 1.94. The minimum Gasteiger partial charge on any atom is -0.463 e. The molecule has 68 valence electrons. The highest BCUT2D eigenvalue weighted by molar-refractivity contribution is 5.73. The topological polar surface area (TPSA) is 47.6 Å². The van der Waals surface area contributed by atoms with E-state index < -0.39 is 0 Å². The van der Waals surface area contributed by atoms with Gasteiger partial charge in [-0.25, -0.2) is 9.38 Å². The van der Waals surface area contributed by atoms with Gasteiger partial charge in [0.25, 0.3) is 6.02 Å². The number of hydrogen-bond acceptors (Lipinski definition) is 3. The van der Waals surface area contributed by atoms with Crippen molar-refractivity contribution in [3.05, 3.63) is 35.6 Å². The zero-order valence-electron chi connectivity index (χ0n) is 6.90. The van der Waals surface area contributed by atoms with Crippen molar-refractivity contribution in [1.82, 2.24) is 0 Å². The Morgan fingerprint density at radius 2 is 2.23 bits per heavy atom. The van der Waals surface area contributed by atoms with Crippen molar-refractivity contribution in [1.29, 1.82) is 0 Å². The number of aliphatic imine (C=N–C) groups is 1. The Morgan fingerprint density at radius 1 is 1.46 bits per heavy atom. The minimum atomic E-state index is -0.291. The van der Waals surface area contributed by atoms with Crippen LogP contribution in [0.3, 0.4) is 0 Å². The molecule has 0 bridgehead atoms. The van der Waals surface area contributed by atoms with E-state index in [4.69, 9.17) is 10.5 Å². The molecule has 2 rings (SSSR count). The van der Waals surface area contributed by atoms with Gasteiger partial charge in [0.15, 0.2) is 0 Å². The number of amidine groups is 1. The molecular weight excluding hydrogens is 171 g/mol. The molecule has 4 heteroatoms. The number of halogens is 1. The van der Waals surface area contributed by atoms with Crippen molar-refractivity contribution in [2.45, 2.75) is 6.04 Å². The van der Waals surface area contributed by atoms with E-state index in [1.807, 2.05) is 0 Å². The Hall–Kier alpha value is -1.58. The van der Waals surface area contributed by atoms with E-state index in [9.17, 15) is 4.39 Å². The second-order valence-corrected chi connectivity index (χ2v) is 2.82. The van der Waals surface area contributed by atoms with Crippen LogP contribution in [-0.4, -0.2) is 12.6 Å². The molecule has 0 saturated carbocycles. The lowest BCUT2D eigenvalue weighted by Gasteiger charge is -2.05. The minimum absolute atomic E-state index is 0.133. The van der Waals surface area contributed by atoms with E-state index in [1.54, 1.807) is 18.2 Å². The van der Waals surface area contributed by atoms with E-state index in [2.05, 4.69) is 4.99 Å². The molecule has 1 aliphatic rings. The predicted molar refractivity (Wildman–Crippen MR) is 46.7 cm³/mol. The van der Waals surface area contributed by atoms with Crippen molar-refractivity contribution in [3.63, 3.8) is 0 Å². The molecule has 13 heavy (non-hydrogen) atoms. The Labute approximate surface area is 75.0 Å². The third-order valence-electron chi connectivity index (χ3n) is 1.94. The molecule has 1 atom stereocenters. The molecule has 0 fully saturated rings. The Morgan fingerprint density at radius 3 is 2.85 bits per heavy atom. The normalized spacial score (nSPS) is 21.0. The van der Waals surface area contributed by atoms with E-state index in [-0.39, 0.29) is 17.9 Å². The first-order valence-electron chi connectivity index (χ1n) is 3.98. The fourth-order valence-corrected chi connectivity index (χ4v) is 1.30. The standard InChI is InChI=1S/C9H9FN2O/c10-7-4-2-1-3-6(7)8-5-13-9(11)12-8/h1-4,8H,5H2,(H2,11,12)/t8-/m0/s1. The quantitative estimate of drug-likeness (QED) is 0.706. The smallest absolute Gasteiger partial charge is 0.282 e. The average Bonchev–Trinajstić information content (AvgIpc) is 2.53. The van der Waals surface area contributed by atoms with Crippen LogP contribution in [0, 0.1) is 5.82 Å². The van der Waals surface area contributed by atoms with Gasteiger partial charge >= 0.3 is 0 Å². The number of ether oxygens (including phenoxy) is 1. The summed E-state index contributed by atoms with van der Waals surface area (Å²) in [5.41, 5.74) is 5.85. The van der Waals surface area contributed by atoms with Crippen LogP contribution in [0.2, 0.25) is 0 Å². The van der Waals surface area contributed by atoms with Gasteiger partial charge in [-0.1, -0.05) is 18.2 Å². The summed E-state index contributed by atoms with van der Waals surface area (Å²) in [5, 5.41) is 0. The molecule has 0 spiro atoms. The highest BCUT2D eigenvalue weighted by Crippen LogP contribution is 2.23. The SMILES string of the molecule is NC1=N[C@H](c2ccccc2F)CO1. The van der Waals surface area contributed by atoms with E-state index in [0.717, 1.165) is 0 Å². The molecule has 1 heterocycles. The Balaban J connectivity index is 2.31. The summed E-state index contributed by atoms with van der Waals surface area (Å²) in [6, 6.07) is 6.34. The van der Waals surface area contributed by atoms with Crippen LogP contribution in [0.15, 0.2) is 29.3 Å². The van der Waals surface area contributed by atoms with Gasteiger partial charge in [-0.2, -0.15) is 0 Å². The van der Waals surface area contributed by atoms with Crippen LogP contribution < -0.4 is 5.73 Å². The second-order valence-electron chi connectivity index (χ2n) is 2.82. The zero-order valence-corrected chi connectivity index (χ0v) is 6.90. The first-order chi connectivity index (χ1) is 6.27. The Kier molecular flexibility index (Phi) is 1.88. The van der Waals surface area contributed by atoms with Gasteiger partial charge in [-0.3, -0.25) is 0 Å². The molecule has 0 aromatic heterocycles. The first kappa shape index (κ1) is 8.04. The summed E-state index contributed by atoms with van der Waals surface area (Å²) >= 11 is 0. The number of nitrogens with two attached hydrogens (primary N) is 1. The van der Waals surface area contributed by atoms with Crippen molar-refractivity contribution in [2.24, 2.45) is 10.7 Å². The largest absolute Gasteiger partial charge is 0.463 e. The predicted octanol–water partition coefficient (Wildman–Crippen LogP) is 1.21. The monoisotopic (exact) mass is 180 g/mol. The number of rotatable bonds is 1. The summed E-state index contributed by atoms with van der Waals surface area (Å²) < 4.78 is 18.1. The molecular formula is C9H9FN2O. The lowest BCUT2D eigenvalue weighted by Crippen LogP contribution is -2.10. The van der Waals surface area contributed by atoms with Gasteiger partial charge < -0.3 is 10.5 Å². The highest BCUT2D eigenvalue weighted by Gasteiger charge is 2.20. The summed E-state index contributed by atoms with van der Waals surface area (Å²) in [6.45, 7) is 0.326. The molecule has 0 unspecified atom stereocenters. The molecule has 0 amide bonds. The number of nitrogens with zero attached hydrogens (tertiary/aromatic N) is 1. The van der Waals surface area contributed by atoms with Gasteiger partial charge in [0.2, 0.25) is 0 Å². The molecule has 1 aromatic rings. The van der Waals surface area contributed by atoms with Crippen LogP contribution >= 0.6 is 0 Å². The molecule has 0 saturated heterocycles. The summed E-state index contributed by atoms with van der Waals surface area (Å²) in [6.07, 6.45) is 0. The average molecular weight is 180 g/mol. The zero-order chi connectivity index (χ0) is 9.26.